The van der Waals surface area contributed by atoms with E-state index >= 15 is 0 Å². The second-order valence-electron chi connectivity index (χ2n) is 4.08. The number of rotatable bonds is 3. The summed E-state index contributed by atoms with van der Waals surface area (Å²) in [6.07, 6.45) is 1.37. The molecular weight excluding hydrogens is 263 g/mol. The molecule has 0 aliphatic heterocycles. The van der Waals surface area contributed by atoms with Crippen molar-refractivity contribution >= 4 is 11.7 Å². The van der Waals surface area contributed by atoms with E-state index in [1.807, 2.05) is 0 Å². The SMILES string of the molecule is COC(=O)c1ccnc(Oc2cc(F)ccc2C)c1N. The number of nitrogens with two attached hydrogens (primary N) is 1. The molecule has 5 nitrogen and oxygen atoms in total. The summed E-state index contributed by atoms with van der Waals surface area (Å²) in [5.74, 6) is -0.716. The summed E-state index contributed by atoms with van der Waals surface area (Å²) in [4.78, 5) is 15.5. The lowest BCUT2D eigenvalue weighted by molar-refractivity contribution is 0.0601. The number of halogens is 1. The predicted octanol–water partition coefficient (Wildman–Crippen LogP) is 2.69. The standard InChI is InChI=1S/C14H13FN2O3/c1-8-3-4-9(15)7-11(8)20-13-12(16)10(5-6-17-13)14(18)19-2/h3-7H,16H2,1-2H3. The third kappa shape index (κ3) is 2.69. The fourth-order valence-electron chi connectivity index (χ4n) is 1.61. The molecule has 0 aliphatic carbocycles. The number of carbonyl (C=O) groups excluding carboxylic acids is 1. The minimum atomic E-state index is -0.592. The van der Waals surface area contributed by atoms with Crippen molar-refractivity contribution in [2.75, 3.05) is 12.8 Å². The topological polar surface area (TPSA) is 74.4 Å². The number of ether oxygens (including phenoxy) is 2. The molecule has 0 saturated heterocycles. The summed E-state index contributed by atoms with van der Waals surface area (Å²) in [6, 6.07) is 5.54. The third-order valence-electron chi connectivity index (χ3n) is 2.72. The van der Waals surface area contributed by atoms with Gasteiger partial charge >= 0.3 is 5.97 Å². The molecule has 2 rings (SSSR count). The van der Waals surface area contributed by atoms with E-state index in [-0.39, 0.29) is 22.9 Å². The molecule has 2 N–H and O–H groups in total. The minimum absolute atomic E-state index is 0.0293. The second kappa shape index (κ2) is 5.56. The summed E-state index contributed by atoms with van der Waals surface area (Å²) in [5.41, 5.74) is 6.72. The molecule has 0 bridgehead atoms. The van der Waals surface area contributed by atoms with Crippen LogP contribution in [-0.2, 0) is 4.74 Å². The van der Waals surface area contributed by atoms with Gasteiger partial charge in [0.15, 0.2) is 0 Å². The maximum Gasteiger partial charge on any atom is 0.340 e. The Labute approximate surface area is 115 Å². The van der Waals surface area contributed by atoms with Gasteiger partial charge in [-0.3, -0.25) is 0 Å². The van der Waals surface area contributed by atoms with Crippen LogP contribution in [0.3, 0.4) is 0 Å². The number of aromatic nitrogens is 1. The van der Waals surface area contributed by atoms with E-state index in [9.17, 15) is 9.18 Å². The molecule has 6 heteroatoms. The summed E-state index contributed by atoms with van der Waals surface area (Å²) < 4.78 is 23.3. The first kappa shape index (κ1) is 13.8. The number of carbonyl (C=O) groups is 1. The number of methoxy groups -OCH3 is 1. The van der Waals surface area contributed by atoms with E-state index in [1.165, 1.54) is 31.5 Å². The zero-order chi connectivity index (χ0) is 14.7. The highest BCUT2D eigenvalue weighted by Gasteiger charge is 2.16. The molecule has 104 valence electrons. The van der Waals surface area contributed by atoms with Crippen LogP contribution in [0.2, 0.25) is 0 Å². The summed E-state index contributed by atoms with van der Waals surface area (Å²) >= 11 is 0. The van der Waals surface area contributed by atoms with Gasteiger partial charge in [0.25, 0.3) is 0 Å². The van der Waals surface area contributed by atoms with E-state index in [4.69, 9.17) is 10.5 Å². The zero-order valence-electron chi connectivity index (χ0n) is 11.0. The molecule has 0 radical (unpaired) electrons. The van der Waals surface area contributed by atoms with Crippen LogP contribution in [0.5, 0.6) is 11.6 Å². The summed E-state index contributed by atoms with van der Waals surface area (Å²) in [5, 5.41) is 0. The fourth-order valence-corrected chi connectivity index (χ4v) is 1.61. The molecule has 0 aliphatic rings. The van der Waals surface area contributed by atoms with Gasteiger partial charge in [-0.05, 0) is 24.6 Å². The molecule has 0 saturated carbocycles. The first-order chi connectivity index (χ1) is 9.52. The highest BCUT2D eigenvalue weighted by atomic mass is 19.1. The second-order valence-corrected chi connectivity index (χ2v) is 4.08. The molecule has 0 spiro atoms. The summed E-state index contributed by atoms with van der Waals surface area (Å²) in [7, 11) is 1.25. The van der Waals surface area contributed by atoms with Crippen LogP contribution in [0.1, 0.15) is 15.9 Å². The van der Waals surface area contributed by atoms with E-state index in [0.29, 0.717) is 0 Å². The Morgan fingerprint density at radius 2 is 2.10 bits per heavy atom. The Kier molecular flexibility index (Phi) is 3.84. The number of esters is 1. The van der Waals surface area contributed by atoms with Crippen LogP contribution in [0.15, 0.2) is 30.5 Å². The van der Waals surface area contributed by atoms with Crippen molar-refractivity contribution in [3.63, 3.8) is 0 Å². The molecule has 1 heterocycles. The largest absolute Gasteiger partial charge is 0.465 e. The van der Waals surface area contributed by atoms with Gasteiger partial charge in [0.05, 0.1) is 12.7 Å². The van der Waals surface area contributed by atoms with Crippen molar-refractivity contribution in [2.45, 2.75) is 6.92 Å². The monoisotopic (exact) mass is 276 g/mol. The number of pyridine rings is 1. The van der Waals surface area contributed by atoms with E-state index < -0.39 is 11.8 Å². The van der Waals surface area contributed by atoms with Gasteiger partial charge in [0.2, 0.25) is 5.88 Å². The first-order valence-electron chi connectivity index (χ1n) is 5.79. The average molecular weight is 276 g/mol. The molecule has 2 aromatic rings. The van der Waals surface area contributed by atoms with Gasteiger partial charge in [-0.1, -0.05) is 6.07 Å². The van der Waals surface area contributed by atoms with Crippen LogP contribution < -0.4 is 10.5 Å². The molecule has 20 heavy (non-hydrogen) atoms. The molecule has 0 fully saturated rings. The maximum absolute atomic E-state index is 13.2. The van der Waals surface area contributed by atoms with Crippen LogP contribution in [0, 0.1) is 12.7 Å². The van der Waals surface area contributed by atoms with Gasteiger partial charge in [-0.15, -0.1) is 0 Å². The Bertz CT molecular complexity index is 659. The highest BCUT2D eigenvalue weighted by molar-refractivity contribution is 5.96. The number of nitrogens with zero attached hydrogens (tertiary/aromatic N) is 1. The Hall–Kier alpha value is -2.63. The Morgan fingerprint density at radius 3 is 2.80 bits per heavy atom. The minimum Gasteiger partial charge on any atom is -0.465 e. The molecule has 1 aromatic heterocycles. The maximum atomic E-state index is 13.2. The van der Waals surface area contributed by atoms with E-state index in [2.05, 4.69) is 9.72 Å². The van der Waals surface area contributed by atoms with Crippen LogP contribution in [-0.4, -0.2) is 18.1 Å². The normalized spacial score (nSPS) is 10.2. The molecule has 0 unspecified atom stereocenters. The number of benzene rings is 1. The number of hydrogen-bond acceptors (Lipinski definition) is 5. The zero-order valence-corrected chi connectivity index (χ0v) is 11.0. The fraction of sp³-hybridized carbons (Fsp3) is 0.143. The number of hydrogen-bond donors (Lipinski definition) is 1. The van der Waals surface area contributed by atoms with Crippen LogP contribution >= 0.6 is 0 Å². The highest BCUT2D eigenvalue weighted by Crippen LogP contribution is 2.30. The van der Waals surface area contributed by atoms with Crippen molar-refractivity contribution in [1.82, 2.24) is 4.98 Å². The molecular formula is C14H13FN2O3. The number of aryl methyl sites for hydroxylation is 1. The van der Waals surface area contributed by atoms with Gasteiger partial charge in [-0.25, -0.2) is 14.2 Å². The van der Waals surface area contributed by atoms with Crippen LogP contribution in [0.25, 0.3) is 0 Å². The predicted molar refractivity (Wildman–Crippen MR) is 71.2 cm³/mol. The van der Waals surface area contributed by atoms with Gasteiger partial charge in [0.1, 0.15) is 17.3 Å². The smallest absolute Gasteiger partial charge is 0.340 e. The van der Waals surface area contributed by atoms with Crippen molar-refractivity contribution in [3.8, 4) is 11.6 Å². The molecule has 0 amide bonds. The Morgan fingerprint density at radius 1 is 1.35 bits per heavy atom. The first-order valence-corrected chi connectivity index (χ1v) is 5.79. The van der Waals surface area contributed by atoms with Crippen molar-refractivity contribution in [2.24, 2.45) is 0 Å². The summed E-state index contributed by atoms with van der Waals surface area (Å²) in [6.45, 7) is 1.76. The average Bonchev–Trinajstić information content (AvgIpc) is 2.44. The molecule has 1 aromatic carbocycles. The van der Waals surface area contributed by atoms with Crippen LogP contribution in [0.4, 0.5) is 10.1 Å². The Balaban J connectivity index is 2.39. The molecule has 0 atom stereocenters. The van der Waals surface area contributed by atoms with Crippen molar-refractivity contribution in [1.29, 1.82) is 0 Å². The van der Waals surface area contributed by atoms with E-state index in [1.54, 1.807) is 13.0 Å². The van der Waals surface area contributed by atoms with Crippen molar-refractivity contribution < 1.29 is 18.7 Å². The van der Waals surface area contributed by atoms with E-state index in [0.717, 1.165) is 5.56 Å². The third-order valence-corrected chi connectivity index (χ3v) is 2.72. The lowest BCUT2D eigenvalue weighted by Crippen LogP contribution is -2.07. The van der Waals surface area contributed by atoms with Gasteiger partial charge < -0.3 is 15.2 Å². The van der Waals surface area contributed by atoms with Crippen molar-refractivity contribution in [3.05, 3.63) is 47.4 Å². The quantitative estimate of drug-likeness (QED) is 0.872. The van der Waals surface area contributed by atoms with Gasteiger partial charge in [-0.2, -0.15) is 0 Å². The number of anilines is 1. The lowest BCUT2D eigenvalue weighted by atomic mass is 10.2. The lowest BCUT2D eigenvalue weighted by Gasteiger charge is -2.11. The number of nitrogen functional groups attached to an aromatic ring is 1. The van der Waals surface area contributed by atoms with Gasteiger partial charge in [0, 0.05) is 12.3 Å².